The van der Waals surface area contributed by atoms with Crippen molar-refractivity contribution in [2.24, 2.45) is 0 Å². The van der Waals surface area contributed by atoms with Gasteiger partial charge in [-0.25, -0.2) is 0 Å². The van der Waals surface area contributed by atoms with E-state index in [2.05, 4.69) is 10.1 Å². The summed E-state index contributed by atoms with van der Waals surface area (Å²) in [5.74, 6) is 0.0431. The third-order valence-corrected chi connectivity index (χ3v) is 4.21. The molecule has 2 aromatic rings. The van der Waals surface area contributed by atoms with Crippen molar-refractivity contribution >= 4 is 11.6 Å². The number of rotatable bonds is 6. The fourth-order valence-electron chi connectivity index (χ4n) is 3.08. The van der Waals surface area contributed by atoms with Crippen molar-refractivity contribution in [3.8, 4) is 11.5 Å². The standard InChI is InChI=1S/C19H20F2N2O3/c1-3-10-23-17(22-14-7-5-4-6-13(14)18(23)24)12-8-9-15(25-2)16(11-12)26-19(20)21/h4-9,11,17,19,22H,3,10H2,1-2H3/t17-/m0/s1. The highest BCUT2D eigenvalue weighted by Gasteiger charge is 2.32. The van der Waals surface area contributed by atoms with Crippen molar-refractivity contribution < 1.29 is 23.0 Å². The predicted octanol–water partition coefficient (Wildman–Crippen LogP) is 4.27. The van der Waals surface area contributed by atoms with Gasteiger partial charge < -0.3 is 19.7 Å². The number of halogens is 2. The molecule has 0 aliphatic carbocycles. The molecule has 3 rings (SSSR count). The number of anilines is 1. The topological polar surface area (TPSA) is 50.8 Å². The van der Waals surface area contributed by atoms with Crippen molar-refractivity contribution in [1.82, 2.24) is 4.90 Å². The van der Waals surface area contributed by atoms with E-state index >= 15 is 0 Å². The quantitative estimate of drug-likeness (QED) is 0.834. The molecule has 138 valence electrons. The maximum absolute atomic E-state index is 12.9. The van der Waals surface area contributed by atoms with Crippen LogP contribution in [-0.4, -0.2) is 31.1 Å². The van der Waals surface area contributed by atoms with Crippen LogP contribution in [0.2, 0.25) is 0 Å². The number of para-hydroxylation sites is 1. The van der Waals surface area contributed by atoms with Gasteiger partial charge in [0.05, 0.1) is 12.7 Å². The molecular formula is C19H20F2N2O3. The third-order valence-electron chi connectivity index (χ3n) is 4.21. The van der Waals surface area contributed by atoms with Gasteiger partial charge in [0.15, 0.2) is 11.5 Å². The van der Waals surface area contributed by atoms with Crippen LogP contribution in [0, 0.1) is 0 Å². The van der Waals surface area contributed by atoms with E-state index in [1.54, 1.807) is 23.1 Å². The molecular weight excluding hydrogens is 342 g/mol. The highest BCUT2D eigenvalue weighted by atomic mass is 19.3. The number of nitrogens with zero attached hydrogens (tertiary/aromatic N) is 1. The number of hydrogen-bond acceptors (Lipinski definition) is 4. The van der Waals surface area contributed by atoms with E-state index < -0.39 is 12.8 Å². The van der Waals surface area contributed by atoms with E-state index in [0.29, 0.717) is 23.4 Å². The molecule has 1 aliphatic heterocycles. The first-order valence-corrected chi connectivity index (χ1v) is 8.34. The van der Waals surface area contributed by atoms with Crippen molar-refractivity contribution in [1.29, 1.82) is 0 Å². The largest absolute Gasteiger partial charge is 0.493 e. The Hall–Kier alpha value is -2.83. The highest BCUT2D eigenvalue weighted by Crippen LogP contribution is 2.37. The maximum Gasteiger partial charge on any atom is 0.387 e. The zero-order valence-corrected chi connectivity index (χ0v) is 14.5. The normalized spacial score (nSPS) is 16.3. The molecule has 1 atom stereocenters. The molecule has 1 heterocycles. The van der Waals surface area contributed by atoms with E-state index in [1.807, 2.05) is 25.1 Å². The fraction of sp³-hybridized carbons (Fsp3) is 0.316. The molecule has 7 heteroatoms. The van der Waals surface area contributed by atoms with Gasteiger partial charge in [-0.3, -0.25) is 4.79 Å². The number of benzene rings is 2. The molecule has 1 amide bonds. The second kappa shape index (κ2) is 7.59. The Morgan fingerprint density at radius 1 is 1.19 bits per heavy atom. The van der Waals surface area contributed by atoms with Gasteiger partial charge in [-0.05, 0) is 36.2 Å². The molecule has 0 unspecified atom stereocenters. The summed E-state index contributed by atoms with van der Waals surface area (Å²) in [6.45, 7) is -0.459. The smallest absolute Gasteiger partial charge is 0.387 e. The number of methoxy groups -OCH3 is 1. The Morgan fingerprint density at radius 2 is 1.96 bits per heavy atom. The Bertz CT molecular complexity index is 798. The minimum absolute atomic E-state index is 0.0652. The number of carbonyl (C=O) groups excluding carboxylic acids is 1. The molecule has 0 radical (unpaired) electrons. The van der Waals surface area contributed by atoms with E-state index in [9.17, 15) is 13.6 Å². The summed E-state index contributed by atoms with van der Waals surface area (Å²) in [7, 11) is 1.38. The van der Waals surface area contributed by atoms with Crippen LogP contribution >= 0.6 is 0 Å². The lowest BCUT2D eigenvalue weighted by Gasteiger charge is -2.38. The molecule has 0 saturated heterocycles. The number of hydrogen-bond donors (Lipinski definition) is 1. The summed E-state index contributed by atoms with van der Waals surface area (Å²) in [6, 6.07) is 12.0. The van der Waals surface area contributed by atoms with Crippen LogP contribution in [0.3, 0.4) is 0 Å². The molecule has 5 nitrogen and oxygen atoms in total. The van der Waals surface area contributed by atoms with Crippen LogP contribution in [-0.2, 0) is 0 Å². The monoisotopic (exact) mass is 362 g/mol. The number of fused-ring (bicyclic) bond motifs is 1. The lowest BCUT2D eigenvalue weighted by molar-refractivity contribution is -0.0513. The Morgan fingerprint density at radius 3 is 2.65 bits per heavy atom. The van der Waals surface area contributed by atoms with Crippen LogP contribution < -0.4 is 14.8 Å². The molecule has 0 saturated carbocycles. The summed E-state index contributed by atoms with van der Waals surface area (Å²) in [6.07, 6.45) is 0.283. The average molecular weight is 362 g/mol. The zero-order valence-electron chi connectivity index (χ0n) is 14.5. The Balaban J connectivity index is 2.02. The average Bonchev–Trinajstić information content (AvgIpc) is 2.63. The van der Waals surface area contributed by atoms with Crippen molar-refractivity contribution in [2.45, 2.75) is 26.1 Å². The minimum atomic E-state index is -2.97. The van der Waals surface area contributed by atoms with Gasteiger partial charge in [-0.2, -0.15) is 8.78 Å². The predicted molar refractivity (Wildman–Crippen MR) is 93.8 cm³/mol. The van der Waals surface area contributed by atoms with Gasteiger partial charge in [-0.1, -0.05) is 25.1 Å². The molecule has 0 spiro atoms. The number of carbonyl (C=O) groups is 1. The van der Waals surface area contributed by atoms with Gasteiger partial charge in [0.25, 0.3) is 5.91 Å². The summed E-state index contributed by atoms with van der Waals surface area (Å²) < 4.78 is 35.1. The van der Waals surface area contributed by atoms with Gasteiger partial charge in [0, 0.05) is 12.2 Å². The summed E-state index contributed by atoms with van der Waals surface area (Å²) >= 11 is 0. The first kappa shape index (κ1) is 18.0. The molecule has 0 fully saturated rings. The maximum atomic E-state index is 12.9. The van der Waals surface area contributed by atoms with Gasteiger partial charge >= 0.3 is 6.61 Å². The van der Waals surface area contributed by atoms with Gasteiger partial charge in [-0.15, -0.1) is 0 Å². The first-order chi connectivity index (χ1) is 12.5. The molecule has 0 bridgehead atoms. The van der Waals surface area contributed by atoms with E-state index in [0.717, 1.165) is 6.42 Å². The van der Waals surface area contributed by atoms with Crippen LogP contribution in [0.5, 0.6) is 11.5 Å². The van der Waals surface area contributed by atoms with Crippen molar-refractivity contribution in [2.75, 3.05) is 19.0 Å². The Labute approximate surface area is 150 Å². The lowest BCUT2D eigenvalue weighted by Crippen LogP contribution is -2.43. The Kier molecular flexibility index (Phi) is 5.25. The molecule has 1 N–H and O–H groups in total. The summed E-state index contributed by atoms with van der Waals surface area (Å²) in [5, 5.41) is 3.32. The lowest BCUT2D eigenvalue weighted by atomic mass is 10.0. The number of alkyl halides is 2. The van der Waals surface area contributed by atoms with E-state index in [4.69, 9.17) is 4.74 Å². The SMILES string of the molecule is CCCN1C(=O)c2ccccc2N[C@@H]1c1ccc(OC)c(OC(F)F)c1. The second-order valence-corrected chi connectivity index (χ2v) is 5.88. The first-order valence-electron chi connectivity index (χ1n) is 8.34. The summed E-state index contributed by atoms with van der Waals surface area (Å²) in [4.78, 5) is 14.6. The molecule has 1 aliphatic rings. The highest BCUT2D eigenvalue weighted by molar-refractivity contribution is 6.01. The number of nitrogens with one attached hydrogen (secondary N) is 1. The van der Waals surface area contributed by atoms with Crippen LogP contribution in [0.15, 0.2) is 42.5 Å². The third kappa shape index (κ3) is 3.42. The summed E-state index contributed by atoms with van der Waals surface area (Å²) in [5.41, 5.74) is 1.94. The molecule has 26 heavy (non-hydrogen) atoms. The van der Waals surface area contributed by atoms with Crippen LogP contribution in [0.4, 0.5) is 14.5 Å². The van der Waals surface area contributed by atoms with Gasteiger partial charge in [0.1, 0.15) is 6.17 Å². The van der Waals surface area contributed by atoms with Crippen LogP contribution in [0.1, 0.15) is 35.4 Å². The zero-order chi connectivity index (χ0) is 18.7. The van der Waals surface area contributed by atoms with Crippen LogP contribution in [0.25, 0.3) is 0 Å². The van der Waals surface area contributed by atoms with E-state index in [-0.39, 0.29) is 17.4 Å². The second-order valence-electron chi connectivity index (χ2n) is 5.88. The minimum Gasteiger partial charge on any atom is -0.493 e. The fourth-order valence-corrected chi connectivity index (χ4v) is 3.08. The van der Waals surface area contributed by atoms with E-state index in [1.165, 1.54) is 13.2 Å². The molecule has 0 aromatic heterocycles. The van der Waals surface area contributed by atoms with Crippen molar-refractivity contribution in [3.05, 3.63) is 53.6 Å². The van der Waals surface area contributed by atoms with Crippen molar-refractivity contribution in [3.63, 3.8) is 0 Å². The number of ether oxygens (including phenoxy) is 2. The number of amides is 1. The molecule has 2 aromatic carbocycles. The van der Waals surface area contributed by atoms with Gasteiger partial charge in [0.2, 0.25) is 0 Å².